The van der Waals surface area contributed by atoms with E-state index >= 15 is 0 Å². The molecule has 3 aromatic rings. The monoisotopic (exact) mass is 440 g/mol. The molecule has 9 heteroatoms. The lowest BCUT2D eigenvalue weighted by Gasteiger charge is -2.13. The van der Waals surface area contributed by atoms with E-state index in [-0.39, 0.29) is 16.4 Å². The van der Waals surface area contributed by atoms with Gasteiger partial charge in [0, 0.05) is 11.4 Å². The number of methoxy groups -OCH3 is 1. The Morgan fingerprint density at radius 1 is 0.935 bits per heavy atom. The predicted octanol–water partition coefficient (Wildman–Crippen LogP) is 3.93. The molecule has 0 spiro atoms. The third-order valence-corrected chi connectivity index (χ3v) is 5.74. The van der Waals surface area contributed by atoms with Crippen molar-refractivity contribution in [1.82, 2.24) is 9.97 Å². The smallest absolute Gasteiger partial charge is 0.339 e. The lowest BCUT2D eigenvalue weighted by molar-refractivity contribution is 0.390. The number of nitrogens with zero attached hydrogens (tertiary/aromatic N) is 3. The number of aromatic nitrogens is 2. The van der Waals surface area contributed by atoms with Gasteiger partial charge in [0.2, 0.25) is 5.95 Å². The number of benzene rings is 2. The highest BCUT2D eigenvalue weighted by molar-refractivity contribution is 7.87. The maximum Gasteiger partial charge on any atom is 0.339 e. The standard InChI is InChI=1S/C22H24N4O4S/c1-14-6-7-15(2)21(10-14)31(27,28)30-19-9-8-18(12-20(19)29-5)13-23-26-22-24-16(3)11-17(4)25-22/h6-13H,1-5H3,(H,24,25,26)/b23-13+. The molecule has 0 atom stereocenters. The maximum atomic E-state index is 12.8. The van der Waals surface area contributed by atoms with E-state index in [0.717, 1.165) is 17.0 Å². The Labute approximate surface area is 182 Å². The van der Waals surface area contributed by atoms with Gasteiger partial charge in [-0.15, -0.1) is 0 Å². The predicted molar refractivity (Wildman–Crippen MR) is 119 cm³/mol. The van der Waals surface area contributed by atoms with Crippen molar-refractivity contribution < 1.29 is 17.3 Å². The Kier molecular flexibility index (Phi) is 6.55. The number of ether oxygens (including phenoxy) is 1. The molecule has 0 radical (unpaired) electrons. The lowest BCUT2D eigenvalue weighted by Crippen LogP contribution is -2.12. The third-order valence-electron chi connectivity index (χ3n) is 4.36. The Morgan fingerprint density at radius 2 is 1.65 bits per heavy atom. The highest BCUT2D eigenvalue weighted by atomic mass is 32.2. The van der Waals surface area contributed by atoms with Crippen LogP contribution < -0.4 is 14.3 Å². The summed E-state index contributed by atoms with van der Waals surface area (Å²) >= 11 is 0. The largest absolute Gasteiger partial charge is 0.493 e. The van der Waals surface area contributed by atoms with Gasteiger partial charge in [-0.05, 0) is 74.7 Å². The quantitative estimate of drug-likeness (QED) is 0.337. The van der Waals surface area contributed by atoms with Gasteiger partial charge < -0.3 is 8.92 Å². The van der Waals surface area contributed by atoms with Gasteiger partial charge in [0.1, 0.15) is 4.90 Å². The summed E-state index contributed by atoms with van der Waals surface area (Å²) in [5.74, 6) is 0.743. The Morgan fingerprint density at radius 3 is 2.32 bits per heavy atom. The highest BCUT2D eigenvalue weighted by Crippen LogP contribution is 2.31. The molecule has 0 unspecified atom stereocenters. The normalized spacial score (nSPS) is 11.5. The van der Waals surface area contributed by atoms with Gasteiger partial charge in [0.25, 0.3) is 0 Å². The van der Waals surface area contributed by atoms with E-state index < -0.39 is 10.1 Å². The summed E-state index contributed by atoms with van der Waals surface area (Å²) in [4.78, 5) is 8.62. The van der Waals surface area contributed by atoms with Crippen molar-refractivity contribution in [2.45, 2.75) is 32.6 Å². The first-order valence-corrected chi connectivity index (χ1v) is 10.9. The zero-order valence-electron chi connectivity index (χ0n) is 18.0. The zero-order valence-corrected chi connectivity index (χ0v) is 18.8. The molecule has 1 heterocycles. The summed E-state index contributed by atoms with van der Waals surface area (Å²) in [5.41, 5.74) is 6.54. The van der Waals surface area contributed by atoms with Crippen molar-refractivity contribution in [3.63, 3.8) is 0 Å². The number of nitrogens with one attached hydrogen (secondary N) is 1. The first-order valence-electron chi connectivity index (χ1n) is 9.49. The minimum Gasteiger partial charge on any atom is -0.493 e. The molecule has 2 aromatic carbocycles. The van der Waals surface area contributed by atoms with E-state index in [1.807, 2.05) is 32.9 Å². The van der Waals surface area contributed by atoms with Gasteiger partial charge in [0.05, 0.1) is 13.3 Å². The number of rotatable bonds is 7. The molecule has 8 nitrogen and oxygen atoms in total. The second kappa shape index (κ2) is 9.13. The van der Waals surface area contributed by atoms with E-state index in [1.165, 1.54) is 13.2 Å². The van der Waals surface area contributed by atoms with Crippen molar-refractivity contribution in [3.8, 4) is 11.5 Å². The fraction of sp³-hybridized carbons (Fsp3) is 0.227. The number of aryl methyl sites for hydroxylation is 4. The van der Waals surface area contributed by atoms with Crippen LogP contribution in [0.2, 0.25) is 0 Å². The molecule has 31 heavy (non-hydrogen) atoms. The zero-order chi connectivity index (χ0) is 22.6. The molecule has 0 saturated heterocycles. The molecular weight excluding hydrogens is 416 g/mol. The molecule has 0 amide bonds. The molecule has 0 aliphatic rings. The van der Waals surface area contributed by atoms with Gasteiger partial charge in [-0.3, -0.25) is 0 Å². The van der Waals surface area contributed by atoms with Crippen LogP contribution in [0.1, 0.15) is 28.1 Å². The number of anilines is 1. The molecule has 1 aromatic heterocycles. The van der Waals surface area contributed by atoms with E-state index in [9.17, 15) is 8.42 Å². The molecule has 1 N–H and O–H groups in total. The summed E-state index contributed by atoms with van der Waals surface area (Å²) in [5, 5.41) is 4.13. The molecule has 0 saturated carbocycles. The molecule has 162 valence electrons. The fourth-order valence-corrected chi connectivity index (χ4v) is 4.17. The van der Waals surface area contributed by atoms with Crippen LogP contribution in [0.15, 0.2) is 52.5 Å². The fourth-order valence-electron chi connectivity index (χ4n) is 2.91. The van der Waals surface area contributed by atoms with E-state index in [4.69, 9.17) is 8.92 Å². The van der Waals surface area contributed by atoms with Gasteiger partial charge >= 0.3 is 10.1 Å². The van der Waals surface area contributed by atoms with E-state index in [0.29, 0.717) is 17.1 Å². The highest BCUT2D eigenvalue weighted by Gasteiger charge is 2.21. The molecule has 0 bridgehead atoms. The van der Waals surface area contributed by atoms with Crippen molar-refractivity contribution in [3.05, 3.63) is 70.5 Å². The second-order valence-corrected chi connectivity index (χ2v) is 8.58. The van der Waals surface area contributed by atoms with Gasteiger partial charge in [-0.25, -0.2) is 15.4 Å². The van der Waals surface area contributed by atoms with Gasteiger partial charge in [0.15, 0.2) is 11.5 Å². The molecule has 3 rings (SSSR count). The minimum absolute atomic E-state index is 0.0890. The van der Waals surface area contributed by atoms with Crippen molar-refractivity contribution in [2.24, 2.45) is 5.10 Å². The minimum atomic E-state index is -4.02. The Hall–Kier alpha value is -3.46. The van der Waals surface area contributed by atoms with Crippen LogP contribution in [-0.2, 0) is 10.1 Å². The topological polar surface area (TPSA) is 103 Å². The Bertz CT molecular complexity index is 1220. The SMILES string of the molecule is COc1cc(/C=N/Nc2nc(C)cc(C)n2)ccc1OS(=O)(=O)c1cc(C)ccc1C. The van der Waals surface area contributed by atoms with Gasteiger partial charge in [-0.1, -0.05) is 12.1 Å². The van der Waals surface area contributed by atoms with Gasteiger partial charge in [-0.2, -0.15) is 13.5 Å². The summed E-state index contributed by atoms with van der Waals surface area (Å²) in [6.07, 6.45) is 1.55. The first kappa shape index (κ1) is 22.2. The van der Waals surface area contributed by atoms with Crippen LogP contribution in [-0.4, -0.2) is 31.7 Å². The van der Waals surface area contributed by atoms with Crippen molar-refractivity contribution in [1.29, 1.82) is 0 Å². The van der Waals surface area contributed by atoms with Crippen LogP contribution >= 0.6 is 0 Å². The van der Waals surface area contributed by atoms with Crippen molar-refractivity contribution >= 4 is 22.3 Å². The lowest BCUT2D eigenvalue weighted by atomic mass is 10.2. The average Bonchev–Trinajstić information content (AvgIpc) is 2.70. The van der Waals surface area contributed by atoms with Crippen LogP contribution in [0.25, 0.3) is 0 Å². The Balaban J connectivity index is 1.80. The summed E-state index contributed by atoms with van der Waals surface area (Å²) in [6.45, 7) is 7.29. The molecular formula is C22H24N4O4S. The van der Waals surface area contributed by atoms with Crippen LogP contribution in [0.3, 0.4) is 0 Å². The number of hydrazone groups is 1. The third kappa shape index (κ3) is 5.58. The van der Waals surface area contributed by atoms with E-state index in [2.05, 4.69) is 20.5 Å². The average molecular weight is 441 g/mol. The first-order chi connectivity index (χ1) is 14.7. The molecule has 0 aliphatic carbocycles. The van der Waals surface area contributed by atoms with Crippen LogP contribution in [0.4, 0.5) is 5.95 Å². The van der Waals surface area contributed by atoms with Crippen molar-refractivity contribution in [2.75, 3.05) is 12.5 Å². The summed E-state index contributed by atoms with van der Waals surface area (Å²) in [6, 6.07) is 11.9. The van der Waals surface area contributed by atoms with Crippen LogP contribution in [0.5, 0.6) is 11.5 Å². The number of hydrogen-bond donors (Lipinski definition) is 1. The summed E-state index contributed by atoms with van der Waals surface area (Å²) < 4.78 is 36.3. The number of hydrogen-bond acceptors (Lipinski definition) is 8. The molecule has 0 fully saturated rings. The van der Waals surface area contributed by atoms with Crippen LogP contribution in [0, 0.1) is 27.7 Å². The second-order valence-electron chi connectivity index (χ2n) is 7.06. The van der Waals surface area contributed by atoms with E-state index in [1.54, 1.807) is 37.4 Å². The molecule has 0 aliphatic heterocycles. The maximum absolute atomic E-state index is 12.8. The summed E-state index contributed by atoms with van der Waals surface area (Å²) in [7, 11) is -2.58.